The summed E-state index contributed by atoms with van der Waals surface area (Å²) < 4.78 is 4.60. The molecule has 0 amide bonds. The molecule has 0 saturated carbocycles. The van der Waals surface area contributed by atoms with Gasteiger partial charge in [-0.1, -0.05) is 0 Å². The van der Waals surface area contributed by atoms with E-state index in [1.165, 1.54) is 11.5 Å². The number of rotatable bonds is 0. The Kier molecular flexibility index (Phi) is 3.35. The minimum absolute atomic E-state index is 0. The van der Waals surface area contributed by atoms with E-state index in [9.17, 15) is 0 Å². The molecule has 0 bridgehead atoms. The van der Waals surface area contributed by atoms with Crippen LogP contribution in [0, 0.1) is 0 Å². The van der Waals surface area contributed by atoms with Crippen molar-refractivity contribution in [3.05, 3.63) is 9.98 Å². The molecule has 0 aromatic carbocycles. The average Bonchev–Trinajstić information content (AvgIpc) is 1.91. The number of nitrogen functional groups attached to an aromatic ring is 1. The Morgan fingerprint density at radius 1 is 1.75 bits per heavy atom. The Balaban J connectivity index is 0.000000490. The van der Waals surface area contributed by atoms with Crippen molar-refractivity contribution in [1.29, 1.82) is 0 Å². The summed E-state index contributed by atoms with van der Waals surface area (Å²) in [5.74, 6) is 0. The lowest BCUT2D eigenvalue weighted by atomic mass is 10.6. The molecule has 8 heavy (non-hydrogen) atoms. The van der Waals surface area contributed by atoms with Crippen molar-refractivity contribution in [2.75, 3.05) is 5.73 Å². The Hall–Kier alpha value is 0.200. The Morgan fingerprint density at radius 3 is 2.50 bits per heavy atom. The van der Waals surface area contributed by atoms with Crippen LogP contribution in [0.15, 0.2) is 9.98 Å². The number of halogens is 2. The van der Waals surface area contributed by atoms with E-state index in [0.29, 0.717) is 5.69 Å². The van der Waals surface area contributed by atoms with Crippen LogP contribution in [-0.2, 0) is 0 Å². The zero-order valence-corrected chi connectivity index (χ0v) is 7.02. The Bertz CT molecular complexity index is 150. The molecule has 0 spiro atoms. The van der Waals surface area contributed by atoms with Crippen LogP contribution >= 0.6 is 39.9 Å². The van der Waals surface area contributed by atoms with Gasteiger partial charge in [0.2, 0.25) is 0 Å². The first-order chi connectivity index (χ1) is 3.30. The average molecular weight is 216 g/mol. The second-order valence-corrected chi connectivity index (χ2v) is 2.44. The number of anilines is 1. The maximum Gasteiger partial charge on any atom is 0.142 e. The third-order valence-corrected chi connectivity index (χ3v) is 2.07. The Morgan fingerprint density at radius 2 is 2.38 bits per heavy atom. The summed E-state index contributed by atoms with van der Waals surface area (Å²) in [5.41, 5.74) is 6.05. The molecule has 2 N–H and O–H groups in total. The van der Waals surface area contributed by atoms with Gasteiger partial charge in [-0.2, -0.15) is 4.37 Å². The molecule has 1 heterocycles. The molecule has 2 nitrogen and oxygen atoms in total. The molecule has 0 saturated heterocycles. The minimum Gasteiger partial charge on any atom is -0.396 e. The lowest BCUT2D eigenvalue weighted by Gasteiger charge is -1.76. The summed E-state index contributed by atoms with van der Waals surface area (Å²) in [6.07, 6.45) is 0. The van der Waals surface area contributed by atoms with Crippen molar-refractivity contribution in [1.82, 2.24) is 4.37 Å². The molecular weight excluding hydrogens is 211 g/mol. The van der Waals surface area contributed by atoms with Gasteiger partial charge in [0.25, 0.3) is 0 Å². The van der Waals surface area contributed by atoms with E-state index in [2.05, 4.69) is 20.3 Å². The van der Waals surface area contributed by atoms with Crippen LogP contribution in [0.25, 0.3) is 0 Å². The number of nitrogens with zero attached hydrogens (tertiary/aromatic N) is 1. The van der Waals surface area contributed by atoms with Crippen molar-refractivity contribution in [3.63, 3.8) is 0 Å². The molecule has 0 aliphatic carbocycles. The van der Waals surface area contributed by atoms with Gasteiger partial charge in [-0.25, -0.2) is 0 Å². The van der Waals surface area contributed by atoms with Crippen LogP contribution in [0.3, 0.4) is 0 Å². The van der Waals surface area contributed by atoms with Crippen LogP contribution in [0.4, 0.5) is 5.69 Å². The number of aromatic nitrogens is 1. The lowest BCUT2D eigenvalue weighted by molar-refractivity contribution is 1.50. The fourth-order valence-corrected chi connectivity index (χ4v) is 1.22. The SMILES string of the molecule is Cl.Nc1csnc1Br. The molecule has 0 aliphatic heterocycles. The predicted octanol–water partition coefficient (Wildman–Crippen LogP) is 1.91. The van der Waals surface area contributed by atoms with Gasteiger partial charge in [0.15, 0.2) is 0 Å². The molecule has 0 aliphatic rings. The van der Waals surface area contributed by atoms with E-state index < -0.39 is 0 Å². The molecule has 1 rings (SSSR count). The maximum atomic E-state index is 5.34. The Labute approximate surface area is 65.8 Å². The summed E-state index contributed by atoms with van der Waals surface area (Å²) in [6, 6.07) is 0. The van der Waals surface area contributed by atoms with Crippen molar-refractivity contribution in [2.24, 2.45) is 0 Å². The van der Waals surface area contributed by atoms with Gasteiger partial charge in [-0.3, -0.25) is 0 Å². The zero-order chi connectivity index (χ0) is 5.28. The fourth-order valence-electron chi connectivity index (χ4n) is 0.231. The van der Waals surface area contributed by atoms with Gasteiger partial charge < -0.3 is 5.73 Å². The van der Waals surface area contributed by atoms with Gasteiger partial charge in [-0.05, 0) is 27.5 Å². The first kappa shape index (κ1) is 8.20. The summed E-state index contributed by atoms with van der Waals surface area (Å²) in [7, 11) is 0. The van der Waals surface area contributed by atoms with E-state index in [1.54, 1.807) is 5.38 Å². The molecule has 1 aromatic heterocycles. The first-order valence-electron chi connectivity index (χ1n) is 1.66. The van der Waals surface area contributed by atoms with E-state index in [4.69, 9.17) is 5.73 Å². The smallest absolute Gasteiger partial charge is 0.142 e. The lowest BCUT2D eigenvalue weighted by Crippen LogP contribution is -1.78. The molecule has 0 atom stereocenters. The molecule has 1 aromatic rings. The number of nitrogens with two attached hydrogens (primary N) is 1. The summed E-state index contributed by atoms with van der Waals surface area (Å²) >= 11 is 4.48. The number of hydrogen-bond donors (Lipinski definition) is 1. The van der Waals surface area contributed by atoms with Crippen LogP contribution < -0.4 is 5.73 Å². The predicted molar refractivity (Wildman–Crippen MR) is 41.5 cm³/mol. The van der Waals surface area contributed by atoms with Crippen LogP contribution in [0.1, 0.15) is 0 Å². The van der Waals surface area contributed by atoms with Crippen molar-refractivity contribution in [2.45, 2.75) is 0 Å². The topological polar surface area (TPSA) is 38.9 Å². The molecule has 0 radical (unpaired) electrons. The monoisotopic (exact) mass is 214 g/mol. The first-order valence-corrected chi connectivity index (χ1v) is 3.29. The van der Waals surface area contributed by atoms with Crippen LogP contribution in [0.5, 0.6) is 0 Å². The van der Waals surface area contributed by atoms with Gasteiger partial charge >= 0.3 is 0 Å². The zero-order valence-electron chi connectivity index (χ0n) is 3.80. The van der Waals surface area contributed by atoms with Crippen LogP contribution in [0.2, 0.25) is 0 Å². The van der Waals surface area contributed by atoms with Crippen molar-refractivity contribution >= 4 is 45.6 Å². The van der Waals surface area contributed by atoms with Gasteiger partial charge in [0.05, 0.1) is 5.69 Å². The number of hydrogen-bond acceptors (Lipinski definition) is 3. The van der Waals surface area contributed by atoms with Gasteiger partial charge in [0.1, 0.15) is 4.60 Å². The standard InChI is InChI=1S/C3H3BrN2S.ClH/c4-3-2(5)1-7-6-3;/h1H,5H2;1H. The molecule has 5 heteroatoms. The normalized spacial score (nSPS) is 8.12. The van der Waals surface area contributed by atoms with Crippen molar-refractivity contribution < 1.29 is 0 Å². The third kappa shape index (κ3) is 1.61. The van der Waals surface area contributed by atoms with E-state index in [0.717, 1.165) is 4.60 Å². The third-order valence-electron chi connectivity index (χ3n) is 0.551. The largest absolute Gasteiger partial charge is 0.396 e. The molecule has 46 valence electrons. The van der Waals surface area contributed by atoms with Crippen LogP contribution in [-0.4, -0.2) is 4.37 Å². The highest BCUT2D eigenvalue weighted by molar-refractivity contribution is 9.10. The van der Waals surface area contributed by atoms with E-state index in [-0.39, 0.29) is 12.4 Å². The second-order valence-electron chi connectivity index (χ2n) is 1.06. The van der Waals surface area contributed by atoms with E-state index >= 15 is 0 Å². The summed E-state index contributed by atoms with van der Waals surface area (Å²) in [4.78, 5) is 0. The van der Waals surface area contributed by atoms with E-state index in [1.807, 2.05) is 0 Å². The molecule has 0 unspecified atom stereocenters. The summed E-state index contributed by atoms with van der Waals surface area (Å²) in [6.45, 7) is 0. The maximum absolute atomic E-state index is 5.34. The van der Waals surface area contributed by atoms with Gasteiger partial charge in [-0.15, -0.1) is 12.4 Å². The highest BCUT2D eigenvalue weighted by Gasteiger charge is 1.92. The fraction of sp³-hybridized carbons (Fsp3) is 0. The molecular formula is C3H4BrClN2S. The summed E-state index contributed by atoms with van der Waals surface area (Å²) in [5, 5.41) is 1.78. The minimum atomic E-state index is 0. The van der Waals surface area contributed by atoms with Gasteiger partial charge in [0, 0.05) is 5.38 Å². The quantitative estimate of drug-likeness (QED) is 0.718. The second kappa shape index (κ2) is 3.27. The molecule has 0 fully saturated rings. The highest BCUT2D eigenvalue weighted by atomic mass is 79.9. The van der Waals surface area contributed by atoms with Crippen molar-refractivity contribution in [3.8, 4) is 0 Å². The highest BCUT2D eigenvalue weighted by Crippen LogP contribution is 2.17.